The number of thiophene rings is 1. The molecule has 0 saturated carbocycles. The Labute approximate surface area is 119 Å². The third-order valence-corrected chi connectivity index (χ3v) is 5.97. The second-order valence-electron chi connectivity index (χ2n) is 6.04. The minimum absolute atomic E-state index is 0.121. The van der Waals surface area contributed by atoms with Crippen LogP contribution in [-0.2, 0) is 0 Å². The molecule has 0 aromatic carbocycles. The first-order valence-electron chi connectivity index (χ1n) is 7.14. The van der Waals surface area contributed by atoms with Gasteiger partial charge in [-0.05, 0) is 58.2 Å². The van der Waals surface area contributed by atoms with Gasteiger partial charge in [0.2, 0.25) is 0 Å². The Morgan fingerprint density at radius 2 is 1.95 bits per heavy atom. The van der Waals surface area contributed by atoms with Crippen LogP contribution in [0, 0.1) is 13.8 Å². The van der Waals surface area contributed by atoms with Crippen molar-refractivity contribution in [2.45, 2.75) is 57.7 Å². The van der Waals surface area contributed by atoms with E-state index >= 15 is 0 Å². The van der Waals surface area contributed by atoms with E-state index in [2.05, 4.69) is 31.1 Å². The minimum atomic E-state index is 0.121. The predicted octanol–water partition coefficient (Wildman–Crippen LogP) is 2.72. The number of hydrogen-bond acceptors (Lipinski definition) is 3. The molecule has 2 atom stereocenters. The second kappa shape index (κ2) is 4.91. The van der Waals surface area contributed by atoms with Crippen molar-refractivity contribution in [3.63, 3.8) is 0 Å². The first kappa shape index (κ1) is 13.1. The summed E-state index contributed by atoms with van der Waals surface area (Å²) < 4.78 is 0. The lowest BCUT2D eigenvalue weighted by atomic mass is 9.98. The van der Waals surface area contributed by atoms with Gasteiger partial charge in [-0.15, -0.1) is 11.3 Å². The first-order valence-corrected chi connectivity index (χ1v) is 7.96. The molecule has 19 heavy (non-hydrogen) atoms. The zero-order valence-corrected chi connectivity index (χ0v) is 12.7. The summed E-state index contributed by atoms with van der Waals surface area (Å²) >= 11 is 1.61. The van der Waals surface area contributed by atoms with Crippen LogP contribution in [0.1, 0.15) is 45.8 Å². The van der Waals surface area contributed by atoms with Gasteiger partial charge >= 0.3 is 0 Å². The van der Waals surface area contributed by atoms with Crippen molar-refractivity contribution in [3.8, 4) is 0 Å². The molecule has 2 bridgehead atoms. The summed E-state index contributed by atoms with van der Waals surface area (Å²) in [6, 6.07) is 3.73. The number of nitrogens with zero attached hydrogens (tertiary/aromatic N) is 1. The number of carbonyl (C=O) groups excluding carboxylic acids is 1. The van der Waals surface area contributed by atoms with E-state index in [0.717, 1.165) is 17.7 Å². The maximum absolute atomic E-state index is 12.3. The highest BCUT2D eigenvalue weighted by molar-refractivity contribution is 7.14. The summed E-state index contributed by atoms with van der Waals surface area (Å²) in [5, 5.41) is 3.24. The third kappa shape index (κ3) is 2.43. The van der Waals surface area contributed by atoms with Crippen molar-refractivity contribution < 1.29 is 4.79 Å². The average molecular weight is 278 g/mol. The molecule has 2 aliphatic heterocycles. The molecule has 104 valence electrons. The molecule has 4 heteroatoms. The Morgan fingerprint density at radius 1 is 1.32 bits per heavy atom. The van der Waals surface area contributed by atoms with Crippen LogP contribution in [0.3, 0.4) is 0 Å². The Balaban J connectivity index is 1.64. The Bertz CT molecular complexity index is 463. The van der Waals surface area contributed by atoms with Gasteiger partial charge in [-0.1, -0.05) is 0 Å². The topological polar surface area (TPSA) is 32.3 Å². The lowest BCUT2D eigenvalue weighted by molar-refractivity contribution is 0.0886. The zero-order valence-electron chi connectivity index (χ0n) is 11.9. The van der Waals surface area contributed by atoms with Crippen LogP contribution in [0.25, 0.3) is 0 Å². The molecule has 3 rings (SSSR count). The highest BCUT2D eigenvalue weighted by atomic mass is 32.1. The molecule has 2 unspecified atom stereocenters. The summed E-state index contributed by atoms with van der Waals surface area (Å²) in [6.07, 6.45) is 4.82. The van der Waals surface area contributed by atoms with Crippen LogP contribution in [0.2, 0.25) is 0 Å². The van der Waals surface area contributed by atoms with Crippen LogP contribution in [0.15, 0.2) is 6.07 Å². The van der Waals surface area contributed by atoms with E-state index in [1.54, 1.807) is 11.3 Å². The van der Waals surface area contributed by atoms with E-state index in [0.29, 0.717) is 18.1 Å². The van der Waals surface area contributed by atoms with Crippen molar-refractivity contribution in [1.82, 2.24) is 10.2 Å². The molecule has 1 amide bonds. The lowest BCUT2D eigenvalue weighted by Crippen LogP contribution is -2.48. The Morgan fingerprint density at radius 3 is 2.47 bits per heavy atom. The van der Waals surface area contributed by atoms with Crippen LogP contribution in [0.5, 0.6) is 0 Å². The summed E-state index contributed by atoms with van der Waals surface area (Å²) in [4.78, 5) is 16.9. The number of piperidine rings is 1. The fourth-order valence-electron chi connectivity index (χ4n) is 3.47. The van der Waals surface area contributed by atoms with E-state index in [1.807, 2.05) is 6.07 Å². The molecular weight excluding hydrogens is 256 g/mol. The number of nitrogens with one attached hydrogen (secondary N) is 1. The molecule has 0 aliphatic carbocycles. The van der Waals surface area contributed by atoms with E-state index in [1.165, 1.54) is 23.3 Å². The quantitative estimate of drug-likeness (QED) is 0.902. The number of carbonyl (C=O) groups is 1. The van der Waals surface area contributed by atoms with Gasteiger partial charge in [0, 0.05) is 23.0 Å². The number of amides is 1. The van der Waals surface area contributed by atoms with Crippen molar-refractivity contribution in [1.29, 1.82) is 0 Å². The monoisotopic (exact) mass is 278 g/mol. The van der Waals surface area contributed by atoms with Gasteiger partial charge in [0.25, 0.3) is 5.91 Å². The molecule has 0 spiro atoms. The van der Waals surface area contributed by atoms with Gasteiger partial charge in [-0.3, -0.25) is 4.79 Å². The van der Waals surface area contributed by atoms with Crippen molar-refractivity contribution >= 4 is 17.2 Å². The normalized spacial score (nSPS) is 30.6. The lowest BCUT2D eigenvalue weighted by Gasteiger charge is -2.36. The molecule has 2 fully saturated rings. The number of rotatable bonds is 2. The van der Waals surface area contributed by atoms with Crippen molar-refractivity contribution in [2.24, 2.45) is 0 Å². The third-order valence-electron chi connectivity index (χ3n) is 4.82. The molecule has 3 heterocycles. The highest BCUT2D eigenvalue weighted by Crippen LogP contribution is 2.34. The zero-order chi connectivity index (χ0) is 13.6. The van der Waals surface area contributed by atoms with Crippen LogP contribution in [-0.4, -0.2) is 36.0 Å². The van der Waals surface area contributed by atoms with E-state index in [4.69, 9.17) is 0 Å². The molecule has 1 aromatic rings. The van der Waals surface area contributed by atoms with Gasteiger partial charge in [0.15, 0.2) is 0 Å². The Kier molecular flexibility index (Phi) is 3.39. The maximum Gasteiger partial charge on any atom is 0.261 e. The number of hydrogen-bond donors (Lipinski definition) is 1. The van der Waals surface area contributed by atoms with Gasteiger partial charge < -0.3 is 10.2 Å². The number of aryl methyl sites for hydroxylation is 2. The first-order chi connectivity index (χ1) is 9.04. The SMILES string of the molecule is Cc1cc(C(=O)NC2CC3CCC(C2)N3C)sc1C. The fourth-order valence-corrected chi connectivity index (χ4v) is 4.41. The van der Waals surface area contributed by atoms with Crippen molar-refractivity contribution in [2.75, 3.05) is 7.05 Å². The predicted molar refractivity (Wildman–Crippen MR) is 78.9 cm³/mol. The molecule has 3 nitrogen and oxygen atoms in total. The molecule has 0 radical (unpaired) electrons. The average Bonchev–Trinajstić information content (AvgIpc) is 2.78. The van der Waals surface area contributed by atoms with Gasteiger partial charge in [-0.2, -0.15) is 0 Å². The molecule has 1 N–H and O–H groups in total. The van der Waals surface area contributed by atoms with Crippen LogP contribution < -0.4 is 5.32 Å². The summed E-state index contributed by atoms with van der Waals surface area (Å²) in [5.74, 6) is 0.121. The van der Waals surface area contributed by atoms with E-state index in [-0.39, 0.29) is 5.91 Å². The standard InChI is InChI=1S/C15H22N2OS/c1-9-6-14(19-10(9)2)15(18)16-11-7-12-4-5-13(8-11)17(12)3/h6,11-13H,4-5,7-8H2,1-3H3,(H,16,18). The van der Waals surface area contributed by atoms with E-state index in [9.17, 15) is 4.79 Å². The Hall–Kier alpha value is -0.870. The van der Waals surface area contributed by atoms with Gasteiger partial charge in [0.1, 0.15) is 0 Å². The molecule has 2 aliphatic rings. The fraction of sp³-hybridized carbons (Fsp3) is 0.667. The number of fused-ring (bicyclic) bond motifs is 2. The maximum atomic E-state index is 12.3. The largest absolute Gasteiger partial charge is 0.348 e. The summed E-state index contributed by atoms with van der Waals surface area (Å²) in [6.45, 7) is 4.14. The van der Waals surface area contributed by atoms with E-state index < -0.39 is 0 Å². The molecule has 1 aromatic heterocycles. The second-order valence-corrected chi connectivity index (χ2v) is 7.30. The van der Waals surface area contributed by atoms with Gasteiger partial charge in [-0.25, -0.2) is 0 Å². The van der Waals surface area contributed by atoms with Crippen molar-refractivity contribution in [3.05, 3.63) is 21.4 Å². The highest BCUT2D eigenvalue weighted by Gasteiger charge is 2.38. The van der Waals surface area contributed by atoms with Crippen LogP contribution >= 0.6 is 11.3 Å². The van der Waals surface area contributed by atoms with Crippen LogP contribution in [0.4, 0.5) is 0 Å². The summed E-state index contributed by atoms with van der Waals surface area (Å²) in [7, 11) is 2.23. The summed E-state index contributed by atoms with van der Waals surface area (Å²) in [5.41, 5.74) is 1.22. The molecular formula is C15H22N2OS. The molecule has 2 saturated heterocycles. The minimum Gasteiger partial charge on any atom is -0.348 e. The smallest absolute Gasteiger partial charge is 0.261 e. The van der Waals surface area contributed by atoms with Gasteiger partial charge in [0.05, 0.1) is 4.88 Å².